The van der Waals surface area contributed by atoms with Crippen molar-refractivity contribution in [2.45, 2.75) is 52.2 Å². The highest BCUT2D eigenvalue weighted by atomic mass is 35.5. The molecule has 0 radical (unpaired) electrons. The Kier molecular flexibility index (Phi) is 7.77. The number of carbonyl (C=O) groups excluding carboxylic acids is 2. The lowest BCUT2D eigenvalue weighted by molar-refractivity contribution is -0.155. The Morgan fingerprint density at radius 2 is 1.61 bits per heavy atom. The van der Waals surface area contributed by atoms with Crippen LogP contribution in [0.15, 0.2) is 48.5 Å². The summed E-state index contributed by atoms with van der Waals surface area (Å²) >= 11 is 12.0. The lowest BCUT2D eigenvalue weighted by Gasteiger charge is -2.51. The van der Waals surface area contributed by atoms with Crippen LogP contribution in [0, 0.1) is 11.3 Å². The molecule has 0 bridgehead atoms. The number of amides is 2. The average Bonchev–Trinajstić information content (AvgIpc) is 2.79. The molecule has 5 nitrogen and oxygen atoms in total. The lowest BCUT2D eigenvalue weighted by Crippen LogP contribution is -2.60. The Morgan fingerprint density at radius 1 is 1.06 bits per heavy atom. The molecule has 2 aromatic carbocycles. The molecule has 1 heterocycles. The maximum atomic E-state index is 13.6. The van der Waals surface area contributed by atoms with E-state index in [2.05, 4.69) is 5.32 Å². The monoisotopic (exact) mass is 490 g/mol. The van der Waals surface area contributed by atoms with Gasteiger partial charge in [-0.1, -0.05) is 69.5 Å². The van der Waals surface area contributed by atoms with Crippen LogP contribution < -0.4 is 5.32 Å². The number of piperidine rings is 1. The van der Waals surface area contributed by atoms with E-state index in [1.807, 2.05) is 39.8 Å². The fourth-order valence-corrected chi connectivity index (χ4v) is 4.73. The van der Waals surface area contributed by atoms with Gasteiger partial charge in [-0.15, -0.1) is 0 Å². The summed E-state index contributed by atoms with van der Waals surface area (Å²) < 4.78 is 0. The van der Waals surface area contributed by atoms with Crippen molar-refractivity contribution in [1.29, 1.82) is 0 Å². The molecule has 2 aromatic rings. The van der Waals surface area contributed by atoms with E-state index in [0.29, 0.717) is 35.1 Å². The molecule has 3 rings (SSSR count). The minimum Gasteiger partial charge on any atom is -0.384 e. The second kappa shape index (κ2) is 10.0. The largest absolute Gasteiger partial charge is 0.384 e. The Morgan fingerprint density at radius 3 is 2.12 bits per heavy atom. The summed E-state index contributed by atoms with van der Waals surface area (Å²) in [6.07, 6.45) is 1.13. The van der Waals surface area contributed by atoms with E-state index in [9.17, 15) is 14.7 Å². The van der Waals surface area contributed by atoms with Gasteiger partial charge in [0.2, 0.25) is 5.91 Å². The van der Waals surface area contributed by atoms with Crippen molar-refractivity contribution < 1.29 is 14.7 Å². The van der Waals surface area contributed by atoms with Crippen LogP contribution in [0.2, 0.25) is 10.0 Å². The van der Waals surface area contributed by atoms with Gasteiger partial charge in [-0.3, -0.25) is 9.59 Å². The summed E-state index contributed by atoms with van der Waals surface area (Å²) in [5.74, 6) is -0.480. The molecular formula is C26H32Cl2N2O3. The zero-order valence-corrected chi connectivity index (χ0v) is 21.1. The lowest BCUT2D eigenvalue weighted by atomic mass is 9.66. The Hall–Kier alpha value is -2.08. The summed E-state index contributed by atoms with van der Waals surface area (Å²) in [6, 6.07) is 13.2. The zero-order valence-electron chi connectivity index (χ0n) is 19.6. The van der Waals surface area contributed by atoms with Gasteiger partial charge < -0.3 is 15.3 Å². The average molecular weight is 491 g/mol. The Labute approximate surface area is 206 Å². The molecule has 1 fully saturated rings. The maximum Gasteiger partial charge on any atom is 0.251 e. The van der Waals surface area contributed by atoms with Gasteiger partial charge in [-0.2, -0.15) is 0 Å². The van der Waals surface area contributed by atoms with E-state index in [-0.39, 0.29) is 17.7 Å². The second-order valence-corrected chi connectivity index (χ2v) is 10.5. The summed E-state index contributed by atoms with van der Waals surface area (Å²) in [7, 11) is 0. The van der Waals surface area contributed by atoms with Crippen LogP contribution in [-0.4, -0.2) is 41.0 Å². The van der Waals surface area contributed by atoms with Crippen molar-refractivity contribution in [2.75, 3.05) is 13.1 Å². The number of likely N-dealkylation sites (tertiary alicyclic amines) is 1. The number of nitrogens with zero attached hydrogens (tertiary/aromatic N) is 1. The minimum atomic E-state index is -1.09. The van der Waals surface area contributed by atoms with E-state index in [1.54, 1.807) is 41.3 Å². The quantitative estimate of drug-likeness (QED) is 0.578. The topological polar surface area (TPSA) is 69.6 Å². The van der Waals surface area contributed by atoms with Crippen molar-refractivity contribution in [3.05, 3.63) is 69.7 Å². The first-order valence-electron chi connectivity index (χ1n) is 11.3. The van der Waals surface area contributed by atoms with Gasteiger partial charge in [-0.25, -0.2) is 0 Å². The van der Waals surface area contributed by atoms with Crippen LogP contribution in [0.4, 0.5) is 0 Å². The molecule has 0 aromatic heterocycles. The summed E-state index contributed by atoms with van der Waals surface area (Å²) in [5, 5.41) is 15.7. The second-order valence-electron chi connectivity index (χ2n) is 9.60. The summed E-state index contributed by atoms with van der Waals surface area (Å²) in [4.78, 5) is 28.2. The van der Waals surface area contributed by atoms with Gasteiger partial charge in [-0.05, 0) is 54.3 Å². The predicted molar refractivity (Wildman–Crippen MR) is 132 cm³/mol. The van der Waals surface area contributed by atoms with Gasteiger partial charge >= 0.3 is 0 Å². The normalized spacial score (nSPS) is 21.8. The number of carbonyl (C=O) groups is 2. The molecule has 7 heteroatoms. The molecule has 0 unspecified atom stereocenters. The SMILES string of the molecule is CC[C@@H](C)[C@@H](NC(=O)c1ccc(Cl)cc1)C(=O)N1CC[C@](O)(c2ccc(Cl)cc2)C(C)(C)C1. The zero-order chi connectivity index (χ0) is 24.4. The molecule has 1 aliphatic rings. The fraction of sp³-hybridized carbons (Fsp3) is 0.462. The third-order valence-electron chi connectivity index (χ3n) is 6.95. The van der Waals surface area contributed by atoms with Crippen LogP contribution in [-0.2, 0) is 10.4 Å². The van der Waals surface area contributed by atoms with Crippen LogP contribution in [0.5, 0.6) is 0 Å². The number of hydrogen-bond donors (Lipinski definition) is 2. The standard InChI is InChI=1S/C26H32Cl2N2O3/c1-5-17(2)22(29-23(31)18-6-10-20(27)11-7-18)24(32)30-15-14-26(33,25(3,4)16-30)19-8-12-21(28)13-9-19/h6-13,17,22,33H,5,14-16H2,1-4H3,(H,29,31)/t17-,22-,26+/m1/s1. The van der Waals surface area contributed by atoms with Crippen molar-refractivity contribution in [3.8, 4) is 0 Å². The smallest absolute Gasteiger partial charge is 0.251 e. The number of benzene rings is 2. The van der Waals surface area contributed by atoms with Crippen molar-refractivity contribution in [1.82, 2.24) is 10.2 Å². The highest BCUT2D eigenvalue weighted by molar-refractivity contribution is 6.30. The third kappa shape index (κ3) is 5.37. The molecule has 0 saturated carbocycles. The molecular weight excluding hydrogens is 459 g/mol. The van der Waals surface area contributed by atoms with Gasteiger partial charge in [0.25, 0.3) is 5.91 Å². The van der Waals surface area contributed by atoms with Crippen LogP contribution in [0.3, 0.4) is 0 Å². The van der Waals surface area contributed by atoms with E-state index in [4.69, 9.17) is 23.2 Å². The van der Waals surface area contributed by atoms with Gasteiger partial charge in [0, 0.05) is 34.1 Å². The van der Waals surface area contributed by atoms with Crippen molar-refractivity contribution in [2.24, 2.45) is 11.3 Å². The molecule has 0 spiro atoms. The molecule has 3 atom stereocenters. The first-order chi connectivity index (χ1) is 15.5. The highest BCUT2D eigenvalue weighted by Crippen LogP contribution is 2.46. The summed E-state index contributed by atoms with van der Waals surface area (Å²) in [5.41, 5.74) is -0.447. The third-order valence-corrected chi connectivity index (χ3v) is 7.46. The van der Waals surface area contributed by atoms with E-state index in [1.165, 1.54) is 0 Å². The first kappa shape index (κ1) is 25.5. The molecule has 178 valence electrons. The molecule has 1 saturated heterocycles. The molecule has 0 aliphatic carbocycles. The van der Waals surface area contributed by atoms with E-state index in [0.717, 1.165) is 12.0 Å². The Balaban J connectivity index is 1.79. The first-order valence-corrected chi connectivity index (χ1v) is 12.1. The van der Waals surface area contributed by atoms with Crippen molar-refractivity contribution >= 4 is 35.0 Å². The molecule has 2 amide bonds. The van der Waals surface area contributed by atoms with Crippen LogP contribution >= 0.6 is 23.2 Å². The Bertz CT molecular complexity index is 992. The molecule has 33 heavy (non-hydrogen) atoms. The van der Waals surface area contributed by atoms with E-state index >= 15 is 0 Å². The number of nitrogens with one attached hydrogen (secondary N) is 1. The molecule has 2 N–H and O–H groups in total. The van der Waals surface area contributed by atoms with Crippen LogP contribution in [0.25, 0.3) is 0 Å². The van der Waals surface area contributed by atoms with Gasteiger partial charge in [0.15, 0.2) is 0 Å². The number of aliphatic hydroxyl groups is 1. The van der Waals surface area contributed by atoms with E-state index < -0.39 is 17.1 Å². The summed E-state index contributed by atoms with van der Waals surface area (Å²) in [6.45, 7) is 8.65. The number of halogens is 2. The number of hydrogen-bond acceptors (Lipinski definition) is 3. The maximum absolute atomic E-state index is 13.6. The highest BCUT2D eigenvalue weighted by Gasteiger charge is 2.50. The minimum absolute atomic E-state index is 0.0473. The van der Waals surface area contributed by atoms with Crippen LogP contribution in [0.1, 0.15) is 56.5 Å². The predicted octanol–water partition coefficient (Wildman–Crippen LogP) is 5.28. The molecule has 1 aliphatic heterocycles. The number of rotatable bonds is 6. The van der Waals surface area contributed by atoms with Gasteiger partial charge in [0.05, 0.1) is 5.60 Å². The van der Waals surface area contributed by atoms with Crippen molar-refractivity contribution in [3.63, 3.8) is 0 Å². The fourth-order valence-electron chi connectivity index (χ4n) is 4.48. The van der Waals surface area contributed by atoms with Gasteiger partial charge in [0.1, 0.15) is 6.04 Å².